The van der Waals surface area contributed by atoms with Crippen LogP contribution in [0.4, 0.5) is 0 Å². The first kappa shape index (κ1) is 13.5. The van der Waals surface area contributed by atoms with E-state index in [0.29, 0.717) is 0 Å². The summed E-state index contributed by atoms with van der Waals surface area (Å²) in [5, 5.41) is 3.37. The van der Waals surface area contributed by atoms with Crippen LogP contribution < -0.4 is 5.32 Å². The summed E-state index contributed by atoms with van der Waals surface area (Å²) in [6, 6.07) is 8.51. The van der Waals surface area contributed by atoms with E-state index < -0.39 is 0 Å². The van der Waals surface area contributed by atoms with Crippen molar-refractivity contribution in [2.45, 2.75) is 20.4 Å². The Morgan fingerprint density at radius 2 is 2.06 bits per heavy atom. The standard InChI is InChI=1S/C16H21N/c1-4-6-7-10-14(3)16-12-9-8-11-15(16)13-17-5-2/h4,6-12,17H,1,5,13H2,2-3H3/b7-6-,14-10+. The molecule has 1 rings (SSSR count). The van der Waals surface area contributed by atoms with Gasteiger partial charge in [-0.2, -0.15) is 0 Å². The molecule has 1 nitrogen and oxygen atoms in total. The van der Waals surface area contributed by atoms with E-state index >= 15 is 0 Å². The molecule has 0 radical (unpaired) electrons. The predicted molar refractivity (Wildman–Crippen MR) is 76.8 cm³/mol. The molecule has 0 aliphatic carbocycles. The minimum Gasteiger partial charge on any atom is -0.313 e. The van der Waals surface area contributed by atoms with Crippen LogP contribution in [0.25, 0.3) is 5.57 Å². The van der Waals surface area contributed by atoms with E-state index in [2.05, 4.69) is 56.1 Å². The summed E-state index contributed by atoms with van der Waals surface area (Å²) in [7, 11) is 0. The maximum absolute atomic E-state index is 3.66. The first-order valence-electron chi connectivity index (χ1n) is 6.04. The Kier molecular flexibility index (Phi) is 6.05. The monoisotopic (exact) mass is 227 g/mol. The van der Waals surface area contributed by atoms with Gasteiger partial charge < -0.3 is 5.32 Å². The van der Waals surface area contributed by atoms with Crippen molar-refractivity contribution >= 4 is 5.57 Å². The normalized spacial score (nSPS) is 12.0. The highest BCUT2D eigenvalue weighted by atomic mass is 14.8. The summed E-state index contributed by atoms with van der Waals surface area (Å²) in [4.78, 5) is 0. The van der Waals surface area contributed by atoms with E-state index in [1.807, 2.05) is 12.2 Å². The maximum atomic E-state index is 3.66. The van der Waals surface area contributed by atoms with Gasteiger partial charge in [0.1, 0.15) is 0 Å². The van der Waals surface area contributed by atoms with Crippen molar-refractivity contribution in [2.75, 3.05) is 6.54 Å². The zero-order chi connectivity index (χ0) is 12.5. The van der Waals surface area contributed by atoms with Gasteiger partial charge in [-0.1, -0.05) is 62.1 Å². The Balaban J connectivity index is 2.91. The van der Waals surface area contributed by atoms with Crippen LogP contribution in [0.5, 0.6) is 0 Å². The molecule has 0 heterocycles. The van der Waals surface area contributed by atoms with E-state index in [1.54, 1.807) is 6.08 Å². The van der Waals surface area contributed by atoms with Gasteiger partial charge in [-0.05, 0) is 30.2 Å². The fraction of sp³-hybridized carbons (Fsp3) is 0.250. The minimum absolute atomic E-state index is 0.920. The number of benzene rings is 1. The minimum atomic E-state index is 0.920. The molecule has 0 bridgehead atoms. The molecule has 1 N–H and O–H groups in total. The number of hydrogen-bond acceptors (Lipinski definition) is 1. The molecule has 0 aliphatic heterocycles. The van der Waals surface area contributed by atoms with Gasteiger partial charge in [0.15, 0.2) is 0 Å². The fourth-order valence-corrected chi connectivity index (χ4v) is 1.69. The van der Waals surface area contributed by atoms with Gasteiger partial charge in [0.05, 0.1) is 0 Å². The Bertz CT molecular complexity index is 413. The average molecular weight is 227 g/mol. The summed E-state index contributed by atoms with van der Waals surface area (Å²) >= 11 is 0. The smallest absolute Gasteiger partial charge is 0.0211 e. The first-order valence-corrected chi connectivity index (χ1v) is 6.04. The van der Waals surface area contributed by atoms with Gasteiger partial charge in [-0.25, -0.2) is 0 Å². The number of rotatable bonds is 6. The molecule has 0 spiro atoms. The van der Waals surface area contributed by atoms with Gasteiger partial charge in [-0.15, -0.1) is 0 Å². The lowest BCUT2D eigenvalue weighted by Gasteiger charge is -2.09. The molecule has 0 amide bonds. The van der Waals surface area contributed by atoms with Crippen LogP contribution in [0.1, 0.15) is 25.0 Å². The Hall–Kier alpha value is -1.60. The highest BCUT2D eigenvalue weighted by molar-refractivity contribution is 5.68. The quantitative estimate of drug-likeness (QED) is 0.726. The van der Waals surface area contributed by atoms with Gasteiger partial charge >= 0.3 is 0 Å². The molecule has 0 atom stereocenters. The van der Waals surface area contributed by atoms with Gasteiger partial charge in [-0.3, -0.25) is 0 Å². The Morgan fingerprint density at radius 3 is 2.76 bits per heavy atom. The summed E-state index contributed by atoms with van der Waals surface area (Å²) in [5.41, 5.74) is 3.92. The topological polar surface area (TPSA) is 12.0 Å². The summed E-state index contributed by atoms with van der Waals surface area (Å²) in [6.07, 6.45) is 7.86. The molecule has 90 valence electrons. The molecule has 0 aliphatic rings. The van der Waals surface area contributed by atoms with Crippen molar-refractivity contribution in [1.82, 2.24) is 5.32 Å². The molecule has 1 aromatic rings. The molecule has 0 saturated carbocycles. The molecule has 0 aromatic heterocycles. The lowest BCUT2D eigenvalue weighted by molar-refractivity contribution is 0.725. The second-order valence-corrected chi connectivity index (χ2v) is 3.91. The second-order valence-electron chi connectivity index (χ2n) is 3.91. The third-order valence-corrected chi connectivity index (χ3v) is 2.60. The highest BCUT2D eigenvalue weighted by Gasteiger charge is 2.01. The average Bonchev–Trinajstić information content (AvgIpc) is 2.37. The summed E-state index contributed by atoms with van der Waals surface area (Å²) < 4.78 is 0. The lowest BCUT2D eigenvalue weighted by Crippen LogP contribution is -2.12. The van der Waals surface area contributed by atoms with Crippen molar-refractivity contribution in [1.29, 1.82) is 0 Å². The summed E-state index contributed by atoms with van der Waals surface area (Å²) in [6.45, 7) is 9.84. The molecule has 17 heavy (non-hydrogen) atoms. The largest absolute Gasteiger partial charge is 0.313 e. The van der Waals surface area contributed by atoms with Crippen LogP contribution in [-0.4, -0.2) is 6.54 Å². The second kappa shape index (κ2) is 7.64. The molecular formula is C16H21N. The van der Waals surface area contributed by atoms with Crippen LogP contribution in [-0.2, 0) is 6.54 Å². The van der Waals surface area contributed by atoms with Crippen molar-refractivity contribution in [3.63, 3.8) is 0 Å². The molecule has 0 saturated heterocycles. The van der Waals surface area contributed by atoms with Crippen molar-refractivity contribution in [3.05, 3.63) is 66.3 Å². The molecule has 1 heteroatoms. The van der Waals surface area contributed by atoms with E-state index in [4.69, 9.17) is 0 Å². The number of hydrogen-bond donors (Lipinski definition) is 1. The first-order chi connectivity index (χ1) is 8.29. The zero-order valence-electron chi connectivity index (χ0n) is 10.7. The van der Waals surface area contributed by atoms with E-state index in [0.717, 1.165) is 13.1 Å². The van der Waals surface area contributed by atoms with Crippen LogP contribution >= 0.6 is 0 Å². The van der Waals surface area contributed by atoms with Crippen molar-refractivity contribution in [2.24, 2.45) is 0 Å². The van der Waals surface area contributed by atoms with Gasteiger partial charge in [0.2, 0.25) is 0 Å². The summed E-state index contributed by atoms with van der Waals surface area (Å²) in [5.74, 6) is 0. The van der Waals surface area contributed by atoms with Crippen molar-refractivity contribution < 1.29 is 0 Å². The Labute approximate surface area is 105 Å². The molecule has 1 aromatic carbocycles. The van der Waals surface area contributed by atoms with Crippen LogP contribution in [0.3, 0.4) is 0 Å². The van der Waals surface area contributed by atoms with Gasteiger partial charge in [0, 0.05) is 6.54 Å². The van der Waals surface area contributed by atoms with Crippen LogP contribution in [0.15, 0.2) is 55.1 Å². The number of allylic oxidation sites excluding steroid dienone is 5. The maximum Gasteiger partial charge on any atom is 0.0211 e. The van der Waals surface area contributed by atoms with Crippen LogP contribution in [0, 0.1) is 0 Å². The molecule has 0 unspecified atom stereocenters. The predicted octanol–water partition coefficient (Wildman–Crippen LogP) is 3.94. The highest BCUT2D eigenvalue weighted by Crippen LogP contribution is 2.18. The van der Waals surface area contributed by atoms with Crippen LogP contribution in [0.2, 0.25) is 0 Å². The van der Waals surface area contributed by atoms with Gasteiger partial charge in [0.25, 0.3) is 0 Å². The molecule has 0 fully saturated rings. The van der Waals surface area contributed by atoms with Crippen molar-refractivity contribution in [3.8, 4) is 0 Å². The third kappa shape index (κ3) is 4.41. The number of nitrogens with one attached hydrogen (secondary N) is 1. The molecular weight excluding hydrogens is 206 g/mol. The third-order valence-electron chi connectivity index (χ3n) is 2.60. The SMILES string of the molecule is C=C/C=C\C=C(/C)c1ccccc1CNCC. The Morgan fingerprint density at radius 1 is 1.29 bits per heavy atom. The fourth-order valence-electron chi connectivity index (χ4n) is 1.69. The van der Waals surface area contributed by atoms with E-state index in [1.165, 1.54) is 16.7 Å². The van der Waals surface area contributed by atoms with E-state index in [-0.39, 0.29) is 0 Å². The zero-order valence-corrected chi connectivity index (χ0v) is 10.7. The lowest BCUT2D eigenvalue weighted by atomic mass is 10.0. The van der Waals surface area contributed by atoms with E-state index in [9.17, 15) is 0 Å².